The minimum Gasteiger partial charge on any atom is -0.508 e. The summed E-state index contributed by atoms with van der Waals surface area (Å²) < 4.78 is 13.1. The molecule has 5 nitrogen and oxygen atoms in total. The molecule has 0 bridgehead atoms. The summed E-state index contributed by atoms with van der Waals surface area (Å²) in [6.45, 7) is 4.19. The molecule has 2 N–H and O–H groups in total. The largest absolute Gasteiger partial charge is 0.508 e. The van der Waals surface area contributed by atoms with Gasteiger partial charge in [0.2, 0.25) is 5.91 Å². The van der Waals surface area contributed by atoms with Crippen LogP contribution in [0.5, 0.6) is 5.75 Å². The van der Waals surface area contributed by atoms with E-state index in [1.54, 1.807) is 24.3 Å². The number of aromatic nitrogens is 2. The summed E-state index contributed by atoms with van der Waals surface area (Å²) in [5.74, 6) is 0.552. The van der Waals surface area contributed by atoms with Gasteiger partial charge < -0.3 is 10.4 Å². The quantitative estimate of drug-likeness (QED) is 0.657. The van der Waals surface area contributed by atoms with Crippen molar-refractivity contribution < 1.29 is 14.3 Å². The number of nitrogens with zero attached hydrogens (tertiary/aromatic N) is 2. The van der Waals surface area contributed by atoms with Crippen LogP contribution in [0.4, 0.5) is 10.2 Å². The van der Waals surface area contributed by atoms with Crippen LogP contribution < -0.4 is 5.32 Å². The number of fused-ring (bicyclic) bond motifs is 3. The number of hydrogen-bond acceptors (Lipinski definition) is 4. The molecule has 0 aliphatic heterocycles. The topological polar surface area (TPSA) is 75.1 Å². The Morgan fingerprint density at radius 3 is 2.63 bits per heavy atom. The van der Waals surface area contributed by atoms with Crippen LogP contribution in [0, 0.1) is 11.7 Å². The zero-order valence-electron chi connectivity index (χ0n) is 17.1. The van der Waals surface area contributed by atoms with Crippen LogP contribution in [0.3, 0.4) is 0 Å². The monoisotopic (exact) mass is 405 g/mol. The number of nitrogens with one attached hydrogen (secondary N) is 1. The Balaban J connectivity index is 1.65. The Morgan fingerprint density at radius 2 is 1.90 bits per heavy atom. The first kappa shape index (κ1) is 20.0. The Labute approximate surface area is 175 Å². The van der Waals surface area contributed by atoms with Gasteiger partial charge >= 0.3 is 0 Å². The second kappa shape index (κ2) is 8.22. The van der Waals surface area contributed by atoms with Gasteiger partial charge in [-0.3, -0.25) is 4.79 Å². The number of amides is 1. The third-order valence-corrected chi connectivity index (χ3v) is 5.15. The molecule has 1 heterocycles. The van der Waals surface area contributed by atoms with Crippen molar-refractivity contribution in [2.75, 3.05) is 5.32 Å². The van der Waals surface area contributed by atoms with Crippen molar-refractivity contribution in [3.8, 4) is 17.0 Å². The molecule has 0 saturated carbocycles. The van der Waals surface area contributed by atoms with Gasteiger partial charge in [0.25, 0.3) is 0 Å². The molecule has 0 fully saturated rings. The Bertz CT molecular complexity index is 1090. The second-order valence-electron chi connectivity index (χ2n) is 8.11. The highest BCUT2D eigenvalue weighted by Gasteiger charge is 2.23. The van der Waals surface area contributed by atoms with Gasteiger partial charge in [-0.25, -0.2) is 14.4 Å². The lowest BCUT2D eigenvalue weighted by atomic mass is 9.91. The lowest BCUT2D eigenvalue weighted by Gasteiger charge is -2.21. The van der Waals surface area contributed by atoms with E-state index in [4.69, 9.17) is 9.97 Å². The molecule has 1 aromatic heterocycles. The molecule has 4 rings (SSSR count). The van der Waals surface area contributed by atoms with E-state index in [0.717, 1.165) is 40.2 Å². The van der Waals surface area contributed by atoms with Gasteiger partial charge in [0.1, 0.15) is 11.6 Å². The molecule has 1 amide bonds. The highest BCUT2D eigenvalue weighted by atomic mass is 19.1. The summed E-state index contributed by atoms with van der Waals surface area (Å²) in [4.78, 5) is 22.3. The van der Waals surface area contributed by atoms with Gasteiger partial charge in [-0.05, 0) is 66.6 Å². The molecular weight excluding hydrogens is 381 g/mol. The minimum absolute atomic E-state index is 0.141. The standard InChI is InChI=1S/C24H24FN3O2/c1-14(2)11-21-24(28-22(30)12-15-3-6-17(25)7-4-15)27-20-10-5-16-13-18(29)8-9-19(16)23(20)26-21/h3-4,6-9,13-14,29H,5,10-12H2,1-2H3,(H,27,28,30). The summed E-state index contributed by atoms with van der Waals surface area (Å²) in [7, 11) is 0. The van der Waals surface area contributed by atoms with Crippen LogP contribution in [0.1, 0.15) is 36.4 Å². The summed E-state index contributed by atoms with van der Waals surface area (Å²) >= 11 is 0. The number of halogens is 1. The van der Waals surface area contributed by atoms with Crippen molar-refractivity contribution in [3.63, 3.8) is 0 Å². The predicted octanol–water partition coefficient (Wildman–Crippen LogP) is 4.47. The summed E-state index contributed by atoms with van der Waals surface area (Å²) in [6, 6.07) is 11.2. The molecule has 0 unspecified atom stereocenters. The first-order chi connectivity index (χ1) is 14.4. The zero-order chi connectivity index (χ0) is 21.3. The van der Waals surface area contributed by atoms with Gasteiger partial charge in [-0.15, -0.1) is 0 Å². The fraction of sp³-hybridized carbons (Fsp3) is 0.292. The van der Waals surface area contributed by atoms with E-state index in [1.807, 2.05) is 6.07 Å². The number of benzene rings is 2. The van der Waals surface area contributed by atoms with Crippen LogP contribution in [0.25, 0.3) is 11.3 Å². The molecule has 6 heteroatoms. The summed E-state index contributed by atoms with van der Waals surface area (Å²) in [5.41, 5.74) is 5.19. The van der Waals surface area contributed by atoms with Crippen molar-refractivity contribution in [2.45, 2.75) is 39.5 Å². The van der Waals surface area contributed by atoms with Crippen LogP contribution in [-0.4, -0.2) is 21.0 Å². The molecule has 3 aromatic rings. The van der Waals surface area contributed by atoms with Crippen molar-refractivity contribution in [2.24, 2.45) is 5.92 Å². The maximum absolute atomic E-state index is 13.1. The molecule has 0 atom stereocenters. The van der Waals surface area contributed by atoms with E-state index in [1.165, 1.54) is 12.1 Å². The third kappa shape index (κ3) is 4.32. The number of phenols is 1. The van der Waals surface area contributed by atoms with E-state index in [2.05, 4.69) is 19.2 Å². The highest BCUT2D eigenvalue weighted by molar-refractivity contribution is 5.92. The average Bonchev–Trinajstić information content (AvgIpc) is 2.69. The van der Waals surface area contributed by atoms with Crippen LogP contribution >= 0.6 is 0 Å². The van der Waals surface area contributed by atoms with Crippen molar-refractivity contribution >= 4 is 11.7 Å². The molecule has 1 aliphatic carbocycles. The van der Waals surface area contributed by atoms with Gasteiger partial charge in [0.05, 0.1) is 23.5 Å². The molecule has 30 heavy (non-hydrogen) atoms. The average molecular weight is 405 g/mol. The van der Waals surface area contributed by atoms with Crippen LogP contribution in [0.2, 0.25) is 0 Å². The normalized spacial score (nSPS) is 12.4. The number of carbonyl (C=O) groups excluding carboxylic acids is 1. The molecule has 0 saturated heterocycles. The lowest BCUT2D eigenvalue weighted by molar-refractivity contribution is -0.115. The van der Waals surface area contributed by atoms with Crippen LogP contribution in [0.15, 0.2) is 42.5 Å². The first-order valence-corrected chi connectivity index (χ1v) is 10.2. The number of phenolic OH excluding ortho intramolecular Hbond substituents is 1. The van der Waals surface area contributed by atoms with Gasteiger partial charge in [0, 0.05) is 5.56 Å². The van der Waals surface area contributed by atoms with E-state index < -0.39 is 0 Å². The van der Waals surface area contributed by atoms with Gasteiger partial charge in [-0.1, -0.05) is 26.0 Å². The fourth-order valence-corrected chi connectivity index (χ4v) is 3.76. The highest BCUT2D eigenvalue weighted by Crippen LogP contribution is 2.34. The number of carbonyl (C=O) groups is 1. The number of aryl methyl sites for hydroxylation is 2. The zero-order valence-corrected chi connectivity index (χ0v) is 17.1. The van der Waals surface area contributed by atoms with Crippen molar-refractivity contribution in [3.05, 3.63) is 70.8 Å². The fourth-order valence-electron chi connectivity index (χ4n) is 3.76. The SMILES string of the molecule is CC(C)Cc1nc2c(nc1NC(=O)Cc1ccc(F)cc1)CCc1cc(O)ccc1-2. The van der Waals surface area contributed by atoms with E-state index >= 15 is 0 Å². The Morgan fingerprint density at radius 1 is 1.13 bits per heavy atom. The van der Waals surface area contributed by atoms with E-state index in [-0.39, 0.29) is 23.9 Å². The van der Waals surface area contributed by atoms with Gasteiger partial charge in [0.15, 0.2) is 5.82 Å². The van der Waals surface area contributed by atoms with E-state index in [0.29, 0.717) is 24.6 Å². The number of anilines is 1. The number of aromatic hydroxyl groups is 1. The summed E-state index contributed by atoms with van der Waals surface area (Å²) in [6.07, 6.45) is 2.28. The Hall–Kier alpha value is -3.28. The lowest BCUT2D eigenvalue weighted by Crippen LogP contribution is -2.20. The van der Waals surface area contributed by atoms with E-state index in [9.17, 15) is 14.3 Å². The maximum Gasteiger partial charge on any atom is 0.229 e. The molecular formula is C24H24FN3O2. The molecule has 0 radical (unpaired) electrons. The molecule has 0 spiro atoms. The summed E-state index contributed by atoms with van der Waals surface area (Å²) in [5, 5.41) is 12.7. The predicted molar refractivity (Wildman–Crippen MR) is 114 cm³/mol. The van der Waals surface area contributed by atoms with Crippen molar-refractivity contribution in [1.82, 2.24) is 9.97 Å². The molecule has 154 valence electrons. The molecule has 2 aromatic carbocycles. The number of hydrogen-bond donors (Lipinski definition) is 2. The third-order valence-electron chi connectivity index (χ3n) is 5.15. The smallest absolute Gasteiger partial charge is 0.229 e. The first-order valence-electron chi connectivity index (χ1n) is 10.2. The molecule has 1 aliphatic rings. The minimum atomic E-state index is -0.326. The maximum atomic E-state index is 13.1. The Kier molecular flexibility index (Phi) is 5.48. The second-order valence-corrected chi connectivity index (χ2v) is 8.11. The number of rotatable bonds is 5. The van der Waals surface area contributed by atoms with Gasteiger partial charge in [-0.2, -0.15) is 0 Å². The van der Waals surface area contributed by atoms with Crippen molar-refractivity contribution in [1.29, 1.82) is 0 Å². The van der Waals surface area contributed by atoms with Crippen LogP contribution in [-0.2, 0) is 30.5 Å².